The van der Waals surface area contributed by atoms with Crippen LogP contribution in [0.5, 0.6) is 5.75 Å². The first-order valence-electron chi connectivity index (χ1n) is 7.57. The average molecular weight is 305 g/mol. The van der Waals surface area contributed by atoms with Crippen molar-refractivity contribution in [2.24, 2.45) is 0 Å². The van der Waals surface area contributed by atoms with Gasteiger partial charge in [0.1, 0.15) is 5.75 Å². The van der Waals surface area contributed by atoms with Gasteiger partial charge < -0.3 is 10.1 Å². The van der Waals surface area contributed by atoms with Gasteiger partial charge in [0.2, 0.25) is 0 Å². The van der Waals surface area contributed by atoms with Crippen LogP contribution in [0.2, 0.25) is 0 Å². The fourth-order valence-corrected chi connectivity index (χ4v) is 2.45. The van der Waals surface area contributed by atoms with Gasteiger partial charge in [0.15, 0.2) is 0 Å². The zero-order chi connectivity index (χ0) is 16.4. The first kappa shape index (κ1) is 15.1. The Morgan fingerprint density at radius 1 is 1.00 bits per heavy atom. The lowest BCUT2D eigenvalue weighted by atomic mass is 10.1. The van der Waals surface area contributed by atoms with Crippen molar-refractivity contribution < 1.29 is 9.53 Å². The van der Waals surface area contributed by atoms with Crippen LogP contribution < -0.4 is 10.1 Å². The third-order valence-corrected chi connectivity index (χ3v) is 3.95. The van der Waals surface area contributed by atoms with Gasteiger partial charge in [0.05, 0.1) is 6.26 Å². The monoisotopic (exact) mass is 305 g/mol. The molecule has 1 aliphatic rings. The second-order valence-electron chi connectivity index (χ2n) is 5.81. The second kappa shape index (κ2) is 6.13. The van der Waals surface area contributed by atoms with Crippen molar-refractivity contribution in [1.29, 1.82) is 0 Å². The molecule has 0 bridgehead atoms. The summed E-state index contributed by atoms with van der Waals surface area (Å²) in [6, 6.07) is 11.8. The molecule has 0 spiro atoms. The summed E-state index contributed by atoms with van der Waals surface area (Å²) < 4.78 is 5.56. The Morgan fingerprint density at radius 3 is 2.61 bits per heavy atom. The van der Waals surface area contributed by atoms with Crippen LogP contribution in [0.3, 0.4) is 0 Å². The van der Waals surface area contributed by atoms with Gasteiger partial charge in [-0.05, 0) is 68.3 Å². The van der Waals surface area contributed by atoms with E-state index in [1.165, 1.54) is 5.56 Å². The number of carbonyl (C=O) groups excluding carboxylic acids is 1. The number of amides is 1. The fraction of sp³-hybridized carbons (Fsp3) is 0.150. The highest BCUT2D eigenvalue weighted by Gasteiger charge is 2.12. The molecule has 23 heavy (non-hydrogen) atoms. The van der Waals surface area contributed by atoms with Gasteiger partial charge in [-0.3, -0.25) is 4.79 Å². The molecule has 0 fully saturated rings. The van der Waals surface area contributed by atoms with Gasteiger partial charge in [-0.2, -0.15) is 0 Å². The van der Waals surface area contributed by atoms with E-state index in [2.05, 4.69) is 5.32 Å². The lowest BCUT2D eigenvalue weighted by Crippen LogP contribution is -2.13. The standard InChI is InChI=1S/C20H19NO2/c1-13-4-7-19-17(10-13)12-16(8-9-23-19)20(22)21-18-6-5-14(2)15(3)11-18/h4-12H,1-3H3,(H,21,22). The summed E-state index contributed by atoms with van der Waals surface area (Å²) in [4.78, 5) is 12.5. The number of fused-ring (bicyclic) bond motifs is 1. The molecule has 0 radical (unpaired) electrons. The predicted octanol–water partition coefficient (Wildman–Crippen LogP) is 4.54. The summed E-state index contributed by atoms with van der Waals surface area (Å²) in [5, 5.41) is 2.94. The van der Waals surface area contributed by atoms with E-state index in [-0.39, 0.29) is 5.91 Å². The molecule has 0 unspecified atom stereocenters. The molecule has 0 aromatic heterocycles. The molecule has 1 N–H and O–H groups in total. The Labute approximate surface area is 136 Å². The zero-order valence-electron chi connectivity index (χ0n) is 13.5. The largest absolute Gasteiger partial charge is 0.464 e. The van der Waals surface area contributed by atoms with Crippen LogP contribution in [0.25, 0.3) is 6.08 Å². The number of rotatable bonds is 2. The Balaban J connectivity index is 1.88. The summed E-state index contributed by atoms with van der Waals surface area (Å²) in [7, 11) is 0. The molecule has 0 saturated carbocycles. The Bertz CT molecular complexity index is 832. The van der Waals surface area contributed by atoms with Gasteiger partial charge >= 0.3 is 0 Å². The van der Waals surface area contributed by atoms with Crippen LogP contribution in [0.4, 0.5) is 5.69 Å². The highest BCUT2D eigenvalue weighted by atomic mass is 16.5. The minimum absolute atomic E-state index is 0.151. The lowest BCUT2D eigenvalue weighted by molar-refractivity contribution is -0.112. The minimum Gasteiger partial charge on any atom is -0.464 e. The van der Waals surface area contributed by atoms with Crippen molar-refractivity contribution in [1.82, 2.24) is 0 Å². The first-order valence-corrected chi connectivity index (χ1v) is 7.57. The van der Waals surface area contributed by atoms with Gasteiger partial charge in [-0.15, -0.1) is 0 Å². The Kier molecular flexibility index (Phi) is 4.02. The second-order valence-corrected chi connectivity index (χ2v) is 5.81. The zero-order valence-corrected chi connectivity index (χ0v) is 13.5. The van der Waals surface area contributed by atoms with Crippen LogP contribution in [0, 0.1) is 20.8 Å². The molecule has 1 aliphatic heterocycles. The van der Waals surface area contributed by atoms with Crippen LogP contribution in [-0.2, 0) is 4.79 Å². The number of carbonyl (C=O) groups is 1. The van der Waals surface area contributed by atoms with Crippen LogP contribution in [0.1, 0.15) is 22.3 Å². The smallest absolute Gasteiger partial charge is 0.255 e. The van der Waals surface area contributed by atoms with E-state index in [1.54, 1.807) is 12.3 Å². The van der Waals surface area contributed by atoms with Crippen molar-refractivity contribution in [3.8, 4) is 5.75 Å². The maximum atomic E-state index is 12.5. The van der Waals surface area contributed by atoms with Gasteiger partial charge in [0, 0.05) is 16.8 Å². The normalized spacial score (nSPS) is 12.7. The summed E-state index contributed by atoms with van der Waals surface area (Å²) in [5.41, 5.74) is 5.74. The molecule has 116 valence electrons. The third-order valence-electron chi connectivity index (χ3n) is 3.95. The summed E-state index contributed by atoms with van der Waals surface area (Å²) in [6.45, 7) is 6.10. The predicted molar refractivity (Wildman–Crippen MR) is 93.5 cm³/mol. The molecular weight excluding hydrogens is 286 g/mol. The molecule has 0 aliphatic carbocycles. The summed E-state index contributed by atoms with van der Waals surface area (Å²) in [6.07, 6.45) is 5.08. The first-order chi connectivity index (χ1) is 11.0. The average Bonchev–Trinajstić information content (AvgIpc) is 2.72. The van der Waals surface area contributed by atoms with Crippen molar-refractivity contribution in [2.75, 3.05) is 5.32 Å². The van der Waals surface area contributed by atoms with Gasteiger partial charge in [-0.1, -0.05) is 17.7 Å². The van der Waals surface area contributed by atoms with E-state index >= 15 is 0 Å². The minimum atomic E-state index is -0.151. The highest BCUT2D eigenvalue weighted by molar-refractivity contribution is 6.09. The number of hydrogen-bond donors (Lipinski definition) is 1. The van der Waals surface area contributed by atoms with Gasteiger partial charge in [0.25, 0.3) is 5.91 Å². The van der Waals surface area contributed by atoms with Crippen molar-refractivity contribution in [3.63, 3.8) is 0 Å². The summed E-state index contributed by atoms with van der Waals surface area (Å²) in [5.74, 6) is 0.600. The molecule has 3 heteroatoms. The third kappa shape index (κ3) is 3.34. The molecule has 1 heterocycles. The number of aryl methyl sites for hydroxylation is 3. The molecule has 3 rings (SSSR count). The molecular formula is C20H19NO2. The van der Waals surface area contributed by atoms with E-state index in [0.29, 0.717) is 5.57 Å². The quantitative estimate of drug-likeness (QED) is 0.884. The van der Waals surface area contributed by atoms with E-state index < -0.39 is 0 Å². The highest BCUT2D eigenvalue weighted by Crippen LogP contribution is 2.26. The maximum Gasteiger partial charge on any atom is 0.255 e. The molecule has 0 saturated heterocycles. The Morgan fingerprint density at radius 2 is 1.83 bits per heavy atom. The van der Waals surface area contributed by atoms with Crippen molar-refractivity contribution in [3.05, 3.63) is 76.6 Å². The summed E-state index contributed by atoms with van der Waals surface area (Å²) >= 11 is 0. The number of hydrogen-bond acceptors (Lipinski definition) is 2. The fourth-order valence-electron chi connectivity index (χ4n) is 2.45. The van der Waals surface area contributed by atoms with E-state index in [0.717, 1.165) is 28.1 Å². The van der Waals surface area contributed by atoms with E-state index in [1.807, 2.05) is 63.2 Å². The van der Waals surface area contributed by atoms with E-state index in [9.17, 15) is 4.79 Å². The maximum absolute atomic E-state index is 12.5. The molecule has 1 amide bonds. The number of benzene rings is 2. The van der Waals surface area contributed by atoms with Crippen molar-refractivity contribution in [2.45, 2.75) is 20.8 Å². The Hall–Kier alpha value is -2.81. The molecule has 0 atom stereocenters. The number of nitrogens with one attached hydrogen (secondary N) is 1. The van der Waals surface area contributed by atoms with Crippen LogP contribution >= 0.6 is 0 Å². The number of ether oxygens (including phenoxy) is 1. The van der Waals surface area contributed by atoms with Crippen molar-refractivity contribution >= 4 is 17.7 Å². The molecule has 2 aromatic carbocycles. The lowest BCUT2D eigenvalue weighted by Gasteiger charge is -2.08. The van der Waals surface area contributed by atoms with Crippen LogP contribution in [0.15, 0.2) is 54.3 Å². The van der Waals surface area contributed by atoms with Crippen LogP contribution in [-0.4, -0.2) is 5.91 Å². The SMILES string of the molecule is Cc1ccc2c(c1)C=C(C(=O)Nc1ccc(C)c(C)c1)C=CO2. The number of anilines is 1. The van der Waals surface area contributed by atoms with Gasteiger partial charge in [-0.25, -0.2) is 0 Å². The van der Waals surface area contributed by atoms with E-state index in [4.69, 9.17) is 4.74 Å². The topological polar surface area (TPSA) is 38.3 Å². The molecule has 3 nitrogen and oxygen atoms in total. The molecule has 2 aromatic rings.